The highest BCUT2D eigenvalue weighted by molar-refractivity contribution is 7.89. The summed E-state index contributed by atoms with van der Waals surface area (Å²) in [5, 5.41) is 11.1. The smallest absolute Gasteiger partial charge is 0.317 e. The lowest BCUT2D eigenvalue weighted by molar-refractivity contribution is -0.136. The summed E-state index contributed by atoms with van der Waals surface area (Å²) >= 11 is 0. The van der Waals surface area contributed by atoms with Crippen molar-refractivity contribution in [3.05, 3.63) is 29.8 Å². The first-order valence-electron chi connectivity index (χ1n) is 8.56. The van der Waals surface area contributed by atoms with E-state index in [1.54, 1.807) is 12.1 Å². The van der Waals surface area contributed by atoms with Crippen molar-refractivity contribution in [2.45, 2.75) is 31.1 Å². The number of urea groups is 1. The van der Waals surface area contributed by atoms with E-state index in [9.17, 15) is 18.0 Å². The quantitative estimate of drug-likeness (QED) is 0.770. The Morgan fingerprint density at radius 1 is 1.12 bits per heavy atom. The van der Waals surface area contributed by atoms with Gasteiger partial charge in [-0.05, 0) is 23.6 Å². The number of carbonyl (C=O) groups excluding carboxylic acids is 1. The lowest BCUT2D eigenvalue weighted by atomic mass is 10.0. The summed E-state index contributed by atoms with van der Waals surface area (Å²) in [7, 11) is -3.58. The molecule has 1 aromatic rings. The number of piperazine rings is 1. The van der Waals surface area contributed by atoms with Crippen molar-refractivity contribution in [1.29, 1.82) is 0 Å². The fourth-order valence-electron chi connectivity index (χ4n) is 2.69. The number of carboxylic acids is 1. The van der Waals surface area contributed by atoms with Gasteiger partial charge in [0.15, 0.2) is 0 Å². The topological polar surface area (TPSA) is 107 Å². The lowest BCUT2D eigenvalue weighted by Gasteiger charge is -2.34. The Kier molecular flexibility index (Phi) is 6.60. The summed E-state index contributed by atoms with van der Waals surface area (Å²) in [6.45, 7) is 5.09. The van der Waals surface area contributed by atoms with E-state index in [1.165, 1.54) is 9.21 Å². The molecule has 144 valence electrons. The van der Waals surface area contributed by atoms with Gasteiger partial charge in [-0.3, -0.25) is 4.79 Å². The van der Waals surface area contributed by atoms with Gasteiger partial charge >= 0.3 is 12.0 Å². The molecule has 9 heteroatoms. The zero-order chi connectivity index (χ0) is 19.3. The van der Waals surface area contributed by atoms with Gasteiger partial charge in [-0.1, -0.05) is 26.0 Å². The highest BCUT2D eigenvalue weighted by Gasteiger charge is 2.30. The molecule has 8 nitrogen and oxygen atoms in total. The minimum Gasteiger partial charge on any atom is -0.481 e. The Labute approximate surface area is 153 Å². The molecule has 0 aliphatic carbocycles. The maximum Gasteiger partial charge on any atom is 0.317 e. The van der Waals surface area contributed by atoms with Crippen LogP contribution in [0.4, 0.5) is 4.79 Å². The number of nitrogens with zero attached hydrogens (tertiary/aromatic N) is 2. The number of amides is 2. The Morgan fingerprint density at radius 3 is 2.19 bits per heavy atom. The van der Waals surface area contributed by atoms with Crippen LogP contribution in [0.1, 0.15) is 31.7 Å². The van der Waals surface area contributed by atoms with Crippen LogP contribution in [0.2, 0.25) is 0 Å². The van der Waals surface area contributed by atoms with Gasteiger partial charge in [0.05, 0.1) is 11.3 Å². The SMILES string of the molecule is CC(C)c1ccc(S(=O)(=O)N2CCN(C(=O)NCCC(=O)O)CC2)cc1. The lowest BCUT2D eigenvalue weighted by Crippen LogP contribution is -2.53. The molecule has 0 unspecified atom stereocenters. The predicted molar refractivity (Wildman–Crippen MR) is 96.5 cm³/mol. The van der Waals surface area contributed by atoms with Gasteiger partial charge in [-0.2, -0.15) is 4.31 Å². The van der Waals surface area contributed by atoms with Gasteiger partial charge in [0.1, 0.15) is 0 Å². The van der Waals surface area contributed by atoms with Crippen molar-refractivity contribution >= 4 is 22.0 Å². The summed E-state index contributed by atoms with van der Waals surface area (Å²) in [4.78, 5) is 24.2. The van der Waals surface area contributed by atoms with E-state index in [0.29, 0.717) is 5.92 Å². The number of hydrogen-bond acceptors (Lipinski definition) is 4. The second-order valence-electron chi connectivity index (χ2n) is 6.49. The van der Waals surface area contributed by atoms with Crippen LogP contribution in [0.15, 0.2) is 29.2 Å². The molecule has 0 atom stereocenters. The maximum absolute atomic E-state index is 12.7. The second kappa shape index (κ2) is 8.50. The highest BCUT2D eigenvalue weighted by Crippen LogP contribution is 2.21. The second-order valence-corrected chi connectivity index (χ2v) is 8.43. The Morgan fingerprint density at radius 2 is 1.69 bits per heavy atom. The molecule has 0 aromatic heterocycles. The average Bonchev–Trinajstić information content (AvgIpc) is 2.61. The molecular formula is C17H25N3O5S. The van der Waals surface area contributed by atoms with Crippen molar-refractivity contribution in [1.82, 2.24) is 14.5 Å². The van der Waals surface area contributed by atoms with Crippen LogP contribution in [0.5, 0.6) is 0 Å². The Hall–Kier alpha value is -2.13. The van der Waals surface area contributed by atoms with Gasteiger partial charge in [-0.15, -0.1) is 0 Å². The molecular weight excluding hydrogens is 358 g/mol. The van der Waals surface area contributed by atoms with Crippen molar-refractivity contribution in [2.24, 2.45) is 0 Å². The van der Waals surface area contributed by atoms with Crippen molar-refractivity contribution in [3.8, 4) is 0 Å². The minimum atomic E-state index is -3.58. The van der Waals surface area contributed by atoms with E-state index in [0.717, 1.165) is 5.56 Å². The number of aliphatic carboxylic acids is 1. The van der Waals surface area contributed by atoms with Gasteiger partial charge in [0, 0.05) is 32.7 Å². The number of carboxylic acid groups (broad SMARTS) is 1. The Balaban J connectivity index is 1.93. The van der Waals surface area contributed by atoms with Gasteiger partial charge in [-0.25, -0.2) is 13.2 Å². The molecule has 1 fully saturated rings. The van der Waals surface area contributed by atoms with Crippen LogP contribution in [0, 0.1) is 0 Å². The van der Waals surface area contributed by atoms with Gasteiger partial charge < -0.3 is 15.3 Å². The van der Waals surface area contributed by atoms with Crippen molar-refractivity contribution in [3.63, 3.8) is 0 Å². The van der Waals surface area contributed by atoms with Crippen LogP contribution in [-0.2, 0) is 14.8 Å². The van der Waals surface area contributed by atoms with E-state index < -0.39 is 16.0 Å². The number of benzene rings is 1. The molecule has 2 N–H and O–H groups in total. The number of sulfonamides is 1. The summed E-state index contributed by atoms with van der Waals surface area (Å²) in [6, 6.07) is 6.52. The highest BCUT2D eigenvalue weighted by atomic mass is 32.2. The van der Waals surface area contributed by atoms with Crippen LogP contribution in [-0.4, -0.2) is 67.5 Å². The molecule has 1 saturated heterocycles. The number of carbonyl (C=O) groups is 2. The normalized spacial score (nSPS) is 15.9. The van der Waals surface area contributed by atoms with E-state index in [-0.39, 0.29) is 50.1 Å². The molecule has 0 saturated carbocycles. The summed E-state index contributed by atoms with van der Waals surface area (Å²) in [5.41, 5.74) is 1.08. The zero-order valence-electron chi connectivity index (χ0n) is 15.0. The predicted octanol–water partition coefficient (Wildman–Crippen LogP) is 1.30. The van der Waals surface area contributed by atoms with Gasteiger partial charge in [0.25, 0.3) is 0 Å². The zero-order valence-corrected chi connectivity index (χ0v) is 15.8. The molecule has 2 amide bonds. The Bertz CT molecular complexity index is 738. The number of nitrogens with one attached hydrogen (secondary N) is 1. The van der Waals surface area contributed by atoms with Crippen LogP contribution in [0.3, 0.4) is 0 Å². The average molecular weight is 383 g/mol. The molecule has 0 bridgehead atoms. The molecule has 1 aliphatic heterocycles. The third-order valence-electron chi connectivity index (χ3n) is 4.33. The molecule has 26 heavy (non-hydrogen) atoms. The maximum atomic E-state index is 12.7. The summed E-state index contributed by atoms with van der Waals surface area (Å²) in [6.07, 6.45) is -0.146. The fraction of sp³-hybridized carbons (Fsp3) is 0.529. The van der Waals surface area contributed by atoms with E-state index in [2.05, 4.69) is 5.32 Å². The van der Waals surface area contributed by atoms with Crippen LogP contribution < -0.4 is 5.32 Å². The van der Waals surface area contributed by atoms with Crippen molar-refractivity contribution in [2.75, 3.05) is 32.7 Å². The molecule has 2 rings (SSSR count). The first-order chi connectivity index (χ1) is 12.2. The first-order valence-corrected chi connectivity index (χ1v) is 10.0. The fourth-order valence-corrected chi connectivity index (χ4v) is 4.12. The van der Waals surface area contributed by atoms with E-state index in [4.69, 9.17) is 5.11 Å². The molecule has 1 heterocycles. The summed E-state index contributed by atoms with van der Waals surface area (Å²) in [5.74, 6) is -0.653. The third-order valence-corrected chi connectivity index (χ3v) is 6.24. The standard InChI is InChI=1S/C17H25N3O5S/c1-13(2)14-3-5-15(6-4-14)26(24,25)20-11-9-19(10-12-20)17(23)18-8-7-16(21)22/h3-6,13H,7-12H2,1-2H3,(H,18,23)(H,21,22). The molecule has 0 radical (unpaired) electrons. The van der Waals surface area contributed by atoms with E-state index >= 15 is 0 Å². The first kappa shape index (κ1) is 20.2. The van der Waals surface area contributed by atoms with Crippen LogP contribution >= 0.6 is 0 Å². The molecule has 0 spiro atoms. The van der Waals surface area contributed by atoms with Crippen LogP contribution in [0.25, 0.3) is 0 Å². The van der Waals surface area contributed by atoms with Crippen molar-refractivity contribution < 1.29 is 23.1 Å². The monoisotopic (exact) mass is 383 g/mol. The number of hydrogen-bond donors (Lipinski definition) is 2. The third kappa shape index (κ3) is 4.95. The molecule has 1 aromatic carbocycles. The summed E-state index contributed by atoms with van der Waals surface area (Å²) < 4.78 is 26.8. The van der Waals surface area contributed by atoms with E-state index in [1.807, 2.05) is 26.0 Å². The molecule has 1 aliphatic rings. The minimum absolute atomic E-state index is 0.0505. The number of rotatable bonds is 6. The van der Waals surface area contributed by atoms with Gasteiger partial charge in [0.2, 0.25) is 10.0 Å². The largest absolute Gasteiger partial charge is 0.481 e.